The highest BCUT2D eigenvalue weighted by Crippen LogP contribution is 2.37. The van der Waals surface area contributed by atoms with Crippen LogP contribution in [0.4, 0.5) is 0 Å². The van der Waals surface area contributed by atoms with Gasteiger partial charge in [-0.15, -0.1) is 11.8 Å². The van der Waals surface area contributed by atoms with Crippen molar-refractivity contribution in [3.8, 4) is 0 Å². The molecule has 19 heavy (non-hydrogen) atoms. The third-order valence-corrected chi connectivity index (χ3v) is 5.34. The summed E-state index contributed by atoms with van der Waals surface area (Å²) in [5.41, 5.74) is 4.39. The normalized spacial score (nSPS) is 25.2. The third kappa shape index (κ3) is 3.74. The highest BCUT2D eigenvalue weighted by Gasteiger charge is 2.27. The van der Waals surface area contributed by atoms with Crippen LogP contribution in [0.15, 0.2) is 29.2 Å². The molecule has 1 unspecified atom stereocenters. The number of hydrogen-bond donors (Lipinski definition) is 2. The average molecular weight is 278 g/mol. The number of rotatable bonds is 5. The zero-order valence-corrected chi connectivity index (χ0v) is 12.9. The summed E-state index contributed by atoms with van der Waals surface area (Å²) in [6.07, 6.45) is 8.77. The topological polar surface area (TPSA) is 38.0 Å². The van der Waals surface area contributed by atoms with E-state index in [4.69, 9.17) is 5.84 Å². The molecule has 1 aliphatic rings. The Hall–Kier alpha value is -0.510. The molecule has 1 atom stereocenters. The predicted octanol–water partition coefficient (Wildman–Crippen LogP) is 4.13. The second kappa shape index (κ2) is 7.32. The average Bonchev–Trinajstić information content (AvgIpc) is 2.49. The Kier molecular flexibility index (Phi) is 5.74. The van der Waals surface area contributed by atoms with Gasteiger partial charge in [0.15, 0.2) is 0 Å². The molecule has 0 saturated heterocycles. The van der Waals surface area contributed by atoms with E-state index >= 15 is 0 Å². The fraction of sp³-hybridized carbons (Fsp3) is 0.625. The maximum absolute atomic E-state index is 5.82. The van der Waals surface area contributed by atoms with Crippen LogP contribution in [-0.4, -0.2) is 6.26 Å². The van der Waals surface area contributed by atoms with Gasteiger partial charge < -0.3 is 0 Å². The molecule has 3 heteroatoms. The van der Waals surface area contributed by atoms with E-state index in [0.717, 1.165) is 5.92 Å². The number of nitrogens with one attached hydrogen (secondary N) is 1. The minimum absolute atomic E-state index is 0.314. The molecule has 1 saturated carbocycles. The van der Waals surface area contributed by atoms with E-state index in [1.165, 1.54) is 42.6 Å². The summed E-state index contributed by atoms with van der Waals surface area (Å²) in [6.45, 7) is 2.31. The van der Waals surface area contributed by atoms with E-state index in [1.807, 2.05) is 0 Å². The van der Waals surface area contributed by atoms with Crippen LogP contribution in [0.1, 0.15) is 50.6 Å². The second-order valence-electron chi connectivity index (χ2n) is 5.61. The highest BCUT2D eigenvalue weighted by atomic mass is 32.2. The van der Waals surface area contributed by atoms with Crippen molar-refractivity contribution in [3.63, 3.8) is 0 Å². The van der Waals surface area contributed by atoms with Crippen LogP contribution in [0.25, 0.3) is 0 Å². The largest absolute Gasteiger partial charge is 0.271 e. The lowest BCUT2D eigenvalue weighted by molar-refractivity contribution is 0.219. The van der Waals surface area contributed by atoms with Gasteiger partial charge in [-0.05, 0) is 48.6 Å². The van der Waals surface area contributed by atoms with Crippen molar-refractivity contribution in [3.05, 3.63) is 29.8 Å². The SMILES string of the molecule is CCC1CCC(C(NN)c2ccc(SC)cc2)CC1. The monoisotopic (exact) mass is 278 g/mol. The minimum atomic E-state index is 0.314. The van der Waals surface area contributed by atoms with Gasteiger partial charge in [0, 0.05) is 10.9 Å². The third-order valence-electron chi connectivity index (χ3n) is 4.59. The number of nitrogens with two attached hydrogens (primary N) is 1. The lowest BCUT2D eigenvalue weighted by Gasteiger charge is -2.33. The van der Waals surface area contributed by atoms with Crippen LogP contribution < -0.4 is 11.3 Å². The lowest BCUT2D eigenvalue weighted by Crippen LogP contribution is -2.35. The maximum atomic E-state index is 5.82. The summed E-state index contributed by atoms with van der Waals surface area (Å²) in [5.74, 6) is 7.44. The molecule has 0 radical (unpaired) electrons. The predicted molar refractivity (Wildman–Crippen MR) is 84.0 cm³/mol. The van der Waals surface area contributed by atoms with Crippen LogP contribution >= 0.6 is 11.8 Å². The summed E-state index contributed by atoms with van der Waals surface area (Å²) < 4.78 is 0. The smallest absolute Gasteiger partial charge is 0.0488 e. The summed E-state index contributed by atoms with van der Waals surface area (Å²) >= 11 is 1.78. The Bertz CT molecular complexity index is 369. The Morgan fingerprint density at radius 2 is 1.84 bits per heavy atom. The van der Waals surface area contributed by atoms with E-state index in [2.05, 4.69) is 42.9 Å². The van der Waals surface area contributed by atoms with Crippen molar-refractivity contribution in [1.82, 2.24) is 5.43 Å². The molecule has 0 aliphatic heterocycles. The fourth-order valence-electron chi connectivity index (χ4n) is 3.25. The van der Waals surface area contributed by atoms with Gasteiger partial charge in [0.1, 0.15) is 0 Å². The molecule has 2 rings (SSSR count). The first-order valence-electron chi connectivity index (χ1n) is 7.38. The molecular weight excluding hydrogens is 252 g/mol. The van der Waals surface area contributed by atoms with Crippen LogP contribution in [0.2, 0.25) is 0 Å². The van der Waals surface area contributed by atoms with Gasteiger partial charge in [-0.25, -0.2) is 0 Å². The first-order chi connectivity index (χ1) is 9.28. The Balaban J connectivity index is 2.03. The molecule has 1 aromatic carbocycles. The Labute approximate surface area is 121 Å². The molecule has 0 spiro atoms. The molecule has 0 amide bonds. The summed E-state index contributed by atoms with van der Waals surface area (Å²) in [7, 11) is 0. The zero-order chi connectivity index (χ0) is 13.7. The van der Waals surface area contributed by atoms with Crippen LogP contribution in [0.5, 0.6) is 0 Å². The standard InChI is InChI=1S/C16H26N2S/c1-3-12-4-6-13(7-5-12)16(18-17)14-8-10-15(19-2)11-9-14/h8-13,16,18H,3-7,17H2,1-2H3. The molecule has 2 nitrogen and oxygen atoms in total. The molecule has 1 aliphatic carbocycles. The maximum Gasteiger partial charge on any atom is 0.0488 e. The Morgan fingerprint density at radius 3 is 2.32 bits per heavy atom. The number of benzene rings is 1. The summed E-state index contributed by atoms with van der Waals surface area (Å²) in [6, 6.07) is 9.16. The van der Waals surface area contributed by atoms with Gasteiger partial charge in [0.2, 0.25) is 0 Å². The first-order valence-corrected chi connectivity index (χ1v) is 8.61. The molecule has 0 bridgehead atoms. The molecular formula is C16H26N2S. The van der Waals surface area contributed by atoms with Gasteiger partial charge in [0.25, 0.3) is 0 Å². The van der Waals surface area contributed by atoms with Crippen molar-refractivity contribution in [2.45, 2.75) is 50.0 Å². The van der Waals surface area contributed by atoms with Gasteiger partial charge in [0.05, 0.1) is 0 Å². The minimum Gasteiger partial charge on any atom is -0.271 e. The van der Waals surface area contributed by atoms with E-state index < -0.39 is 0 Å². The van der Waals surface area contributed by atoms with Crippen molar-refractivity contribution in [1.29, 1.82) is 0 Å². The molecule has 3 N–H and O–H groups in total. The molecule has 1 aromatic rings. The van der Waals surface area contributed by atoms with E-state index in [1.54, 1.807) is 11.8 Å². The number of thioether (sulfide) groups is 1. The number of hydrazine groups is 1. The Morgan fingerprint density at radius 1 is 1.21 bits per heavy atom. The molecule has 0 aromatic heterocycles. The second-order valence-corrected chi connectivity index (χ2v) is 6.49. The zero-order valence-electron chi connectivity index (χ0n) is 12.1. The summed E-state index contributed by atoms with van der Waals surface area (Å²) in [4.78, 5) is 1.31. The van der Waals surface area contributed by atoms with Gasteiger partial charge in [-0.2, -0.15) is 0 Å². The summed E-state index contributed by atoms with van der Waals surface area (Å²) in [5, 5.41) is 0. The van der Waals surface area contributed by atoms with Crippen LogP contribution in [0.3, 0.4) is 0 Å². The van der Waals surface area contributed by atoms with Crippen molar-refractivity contribution in [2.75, 3.05) is 6.26 Å². The van der Waals surface area contributed by atoms with E-state index in [9.17, 15) is 0 Å². The molecule has 106 valence electrons. The number of hydrogen-bond acceptors (Lipinski definition) is 3. The highest BCUT2D eigenvalue weighted by molar-refractivity contribution is 7.98. The molecule has 1 fully saturated rings. The van der Waals surface area contributed by atoms with Crippen molar-refractivity contribution < 1.29 is 0 Å². The van der Waals surface area contributed by atoms with Gasteiger partial charge >= 0.3 is 0 Å². The quantitative estimate of drug-likeness (QED) is 0.483. The van der Waals surface area contributed by atoms with Gasteiger partial charge in [-0.1, -0.05) is 38.3 Å². The fourth-order valence-corrected chi connectivity index (χ4v) is 3.65. The first kappa shape index (κ1) is 14.9. The van der Waals surface area contributed by atoms with Crippen LogP contribution in [0, 0.1) is 11.8 Å². The van der Waals surface area contributed by atoms with Crippen molar-refractivity contribution in [2.24, 2.45) is 17.7 Å². The van der Waals surface area contributed by atoms with E-state index in [0.29, 0.717) is 12.0 Å². The van der Waals surface area contributed by atoms with E-state index in [-0.39, 0.29) is 0 Å². The van der Waals surface area contributed by atoms with Crippen LogP contribution in [-0.2, 0) is 0 Å². The van der Waals surface area contributed by atoms with Gasteiger partial charge in [-0.3, -0.25) is 11.3 Å². The molecule has 0 heterocycles. The van der Waals surface area contributed by atoms with Crippen molar-refractivity contribution >= 4 is 11.8 Å². The lowest BCUT2D eigenvalue weighted by atomic mass is 9.76.